The maximum atomic E-state index is 12.1. The summed E-state index contributed by atoms with van der Waals surface area (Å²) < 4.78 is 0. The quantitative estimate of drug-likeness (QED) is 0.869. The Balaban J connectivity index is 2.79. The number of nitrogens with zero attached hydrogens (tertiary/aromatic N) is 2. The van der Waals surface area contributed by atoms with Gasteiger partial charge in [0, 0.05) is 24.7 Å². The average Bonchev–Trinajstić information content (AvgIpc) is 2.42. The molecule has 1 amide bonds. The number of aryl methyl sites for hydroxylation is 1. The number of hydrogen-bond acceptors (Lipinski definition) is 3. The van der Waals surface area contributed by atoms with Crippen molar-refractivity contribution in [3.8, 4) is 5.75 Å². The van der Waals surface area contributed by atoms with E-state index in [9.17, 15) is 9.90 Å². The van der Waals surface area contributed by atoms with E-state index in [1.807, 2.05) is 56.7 Å². The van der Waals surface area contributed by atoms with Gasteiger partial charge in [-0.25, -0.2) is 0 Å². The smallest absolute Gasteiger partial charge is 0.236 e. The Morgan fingerprint density at radius 3 is 2.45 bits per heavy atom. The Bertz CT molecular complexity index is 456. The predicted octanol–water partition coefficient (Wildman–Crippen LogP) is 2.56. The molecule has 0 aromatic heterocycles. The van der Waals surface area contributed by atoms with Crippen LogP contribution in [0.25, 0.3) is 0 Å². The van der Waals surface area contributed by atoms with Crippen LogP contribution in [-0.2, 0) is 4.79 Å². The van der Waals surface area contributed by atoms with Gasteiger partial charge in [0.25, 0.3) is 0 Å². The molecule has 0 bridgehead atoms. The average molecular weight is 278 g/mol. The molecule has 0 aliphatic carbocycles. The minimum Gasteiger partial charge on any atom is -0.508 e. The van der Waals surface area contributed by atoms with Crippen LogP contribution in [0.2, 0.25) is 0 Å². The van der Waals surface area contributed by atoms with Gasteiger partial charge < -0.3 is 10.0 Å². The number of likely N-dealkylation sites (N-methyl/N-ethyl adjacent to an activating group) is 2. The molecule has 1 rings (SSSR count). The second-order valence-electron chi connectivity index (χ2n) is 5.22. The maximum absolute atomic E-state index is 12.1. The van der Waals surface area contributed by atoms with E-state index in [1.54, 1.807) is 6.07 Å². The molecular formula is C16H26N2O2. The molecule has 0 saturated heterocycles. The van der Waals surface area contributed by atoms with Crippen LogP contribution in [-0.4, -0.2) is 47.5 Å². The number of aromatic hydroxyl groups is 1. The second kappa shape index (κ2) is 7.29. The van der Waals surface area contributed by atoms with E-state index in [0.29, 0.717) is 6.54 Å². The van der Waals surface area contributed by atoms with Crippen LogP contribution in [0.15, 0.2) is 18.2 Å². The molecule has 0 saturated carbocycles. The normalized spacial score (nSPS) is 12.5. The van der Waals surface area contributed by atoms with Crippen molar-refractivity contribution in [2.75, 3.05) is 26.7 Å². The van der Waals surface area contributed by atoms with E-state index in [1.165, 1.54) is 0 Å². The molecule has 1 atom stereocenters. The molecule has 1 aromatic rings. The summed E-state index contributed by atoms with van der Waals surface area (Å²) in [6, 6.07) is 5.56. The lowest BCUT2D eigenvalue weighted by molar-refractivity contribution is -0.132. The number of benzene rings is 1. The zero-order valence-electron chi connectivity index (χ0n) is 13.2. The fourth-order valence-electron chi connectivity index (χ4n) is 2.27. The van der Waals surface area contributed by atoms with Crippen molar-refractivity contribution >= 4 is 5.91 Å². The number of phenolic OH excluding ortho intramolecular Hbond substituents is 1. The van der Waals surface area contributed by atoms with Crippen LogP contribution in [0.1, 0.15) is 37.9 Å². The fraction of sp³-hybridized carbons (Fsp3) is 0.562. The third-order valence-corrected chi connectivity index (χ3v) is 3.80. The first-order valence-corrected chi connectivity index (χ1v) is 7.18. The highest BCUT2D eigenvalue weighted by molar-refractivity contribution is 5.78. The van der Waals surface area contributed by atoms with E-state index in [2.05, 4.69) is 0 Å². The molecule has 0 fully saturated rings. The highest BCUT2D eigenvalue weighted by Gasteiger charge is 2.19. The van der Waals surface area contributed by atoms with E-state index >= 15 is 0 Å². The lowest BCUT2D eigenvalue weighted by atomic mass is 10.0. The van der Waals surface area contributed by atoms with Crippen molar-refractivity contribution in [3.63, 3.8) is 0 Å². The van der Waals surface area contributed by atoms with Gasteiger partial charge in [0.15, 0.2) is 0 Å². The molecular weight excluding hydrogens is 252 g/mol. The zero-order valence-corrected chi connectivity index (χ0v) is 13.2. The van der Waals surface area contributed by atoms with E-state index in [4.69, 9.17) is 0 Å². The number of amides is 1. The zero-order chi connectivity index (χ0) is 15.3. The van der Waals surface area contributed by atoms with Crippen molar-refractivity contribution in [1.82, 2.24) is 9.80 Å². The van der Waals surface area contributed by atoms with Crippen LogP contribution in [0.4, 0.5) is 0 Å². The van der Waals surface area contributed by atoms with Crippen molar-refractivity contribution in [1.29, 1.82) is 0 Å². The van der Waals surface area contributed by atoms with Crippen molar-refractivity contribution in [3.05, 3.63) is 29.3 Å². The van der Waals surface area contributed by atoms with Crippen LogP contribution >= 0.6 is 0 Å². The molecule has 1 unspecified atom stereocenters. The van der Waals surface area contributed by atoms with Crippen molar-refractivity contribution in [2.45, 2.75) is 33.7 Å². The molecule has 0 aliphatic rings. The number of carbonyl (C=O) groups is 1. The van der Waals surface area contributed by atoms with E-state index in [0.717, 1.165) is 24.2 Å². The first kappa shape index (κ1) is 16.5. The summed E-state index contributed by atoms with van der Waals surface area (Å²) in [4.78, 5) is 15.9. The number of rotatable bonds is 6. The summed E-state index contributed by atoms with van der Waals surface area (Å²) in [6.07, 6.45) is 0. The summed E-state index contributed by atoms with van der Waals surface area (Å²) in [7, 11) is 1.91. The number of hydrogen-bond donors (Lipinski definition) is 1. The standard InChI is InChI=1S/C16H26N2O2/c1-6-18(7-2)16(20)11-17(5)13(4)14-10-12(3)8-9-15(14)19/h8-10,13,19H,6-7,11H2,1-5H3. The fourth-order valence-corrected chi connectivity index (χ4v) is 2.27. The molecule has 112 valence electrons. The summed E-state index contributed by atoms with van der Waals surface area (Å²) >= 11 is 0. The summed E-state index contributed by atoms with van der Waals surface area (Å²) in [6.45, 7) is 9.78. The van der Waals surface area contributed by atoms with Crippen LogP contribution < -0.4 is 0 Å². The minimum absolute atomic E-state index is 0.00517. The Kier molecular flexibility index (Phi) is 6.02. The lowest BCUT2D eigenvalue weighted by Gasteiger charge is -2.28. The summed E-state index contributed by atoms with van der Waals surface area (Å²) in [5, 5.41) is 9.97. The Labute approximate surface area is 122 Å². The molecule has 4 heteroatoms. The summed E-state index contributed by atoms with van der Waals surface area (Å²) in [5.74, 6) is 0.404. The SMILES string of the molecule is CCN(CC)C(=O)CN(C)C(C)c1cc(C)ccc1O. The van der Waals surface area contributed by atoms with Gasteiger partial charge in [-0.2, -0.15) is 0 Å². The third kappa shape index (κ3) is 3.97. The van der Waals surface area contributed by atoms with Crippen LogP contribution in [0, 0.1) is 6.92 Å². The predicted molar refractivity (Wildman–Crippen MR) is 81.8 cm³/mol. The molecule has 20 heavy (non-hydrogen) atoms. The first-order valence-electron chi connectivity index (χ1n) is 7.18. The first-order chi connectivity index (χ1) is 9.40. The maximum Gasteiger partial charge on any atom is 0.236 e. The summed E-state index contributed by atoms with van der Waals surface area (Å²) in [5.41, 5.74) is 1.97. The molecule has 0 heterocycles. The molecule has 0 radical (unpaired) electrons. The van der Waals surface area contributed by atoms with Gasteiger partial charge in [0.1, 0.15) is 5.75 Å². The second-order valence-corrected chi connectivity index (χ2v) is 5.22. The van der Waals surface area contributed by atoms with Gasteiger partial charge in [0.05, 0.1) is 6.54 Å². The van der Waals surface area contributed by atoms with Gasteiger partial charge in [-0.1, -0.05) is 17.7 Å². The van der Waals surface area contributed by atoms with Gasteiger partial charge in [-0.3, -0.25) is 9.69 Å². The van der Waals surface area contributed by atoms with Crippen molar-refractivity contribution in [2.24, 2.45) is 0 Å². The van der Waals surface area contributed by atoms with Gasteiger partial charge in [-0.15, -0.1) is 0 Å². The topological polar surface area (TPSA) is 43.8 Å². The minimum atomic E-state index is -0.00517. The Morgan fingerprint density at radius 2 is 1.90 bits per heavy atom. The third-order valence-electron chi connectivity index (χ3n) is 3.80. The Morgan fingerprint density at radius 1 is 1.30 bits per heavy atom. The van der Waals surface area contributed by atoms with Gasteiger partial charge >= 0.3 is 0 Å². The molecule has 1 aromatic carbocycles. The number of phenols is 1. The molecule has 0 aliphatic heterocycles. The van der Waals surface area contributed by atoms with Crippen LogP contribution in [0.5, 0.6) is 5.75 Å². The largest absolute Gasteiger partial charge is 0.508 e. The van der Waals surface area contributed by atoms with E-state index < -0.39 is 0 Å². The Hall–Kier alpha value is -1.55. The highest BCUT2D eigenvalue weighted by Crippen LogP contribution is 2.28. The van der Waals surface area contributed by atoms with Gasteiger partial charge in [0.2, 0.25) is 5.91 Å². The van der Waals surface area contributed by atoms with E-state index in [-0.39, 0.29) is 17.7 Å². The highest BCUT2D eigenvalue weighted by atomic mass is 16.3. The molecule has 1 N–H and O–H groups in total. The lowest BCUT2D eigenvalue weighted by Crippen LogP contribution is -2.39. The number of carbonyl (C=O) groups excluding carboxylic acids is 1. The van der Waals surface area contributed by atoms with Gasteiger partial charge in [-0.05, 0) is 40.8 Å². The monoisotopic (exact) mass is 278 g/mol. The van der Waals surface area contributed by atoms with Crippen molar-refractivity contribution < 1.29 is 9.90 Å². The molecule has 0 spiro atoms. The van der Waals surface area contributed by atoms with Crippen LogP contribution in [0.3, 0.4) is 0 Å². The molecule has 4 nitrogen and oxygen atoms in total.